The minimum absolute atomic E-state index is 0.0873. The lowest BCUT2D eigenvalue weighted by Crippen LogP contribution is -2.47. The highest BCUT2D eigenvalue weighted by atomic mass is 35.5. The molecule has 37 heavy (non-hydrogen) atoms. The summed E-state index contributed by atoms with van der Waals surface area (Å²) in [4.78, 5) is 31.3. The molecule has 1 amide bonds. The summed E-state index contributed by atoms with van der Waals surface area (Å²) in [6.07, 6.45) is -3.85. The van der Waals surface area contributed by atoms with Gasteiger partial charge in [-0.1, -0.05) is 11.6 Å². The number of carbonyl (C=O) groups excluding carboxylic acids is 1. The zero-order valence-electron chi connectivity index (χ0n) is 20.5. The maximum Gasteiger partial charge on any atom is 0.490 e. The Bertz CT molecular complexity index is 1340. The van der Waals surface area contributed by atoms with Gasteiger partial charge < -0.3 is 20.5 Å². The van der Waals surface area contributed by atoms with Crippen molar-refractivity contribution in [3.63, 3.8) is 0 Å². The number of fused-ring (bicyclic) bond motifs is 1. The molecule has 200 valence electrons. The summed E-state index contributed by atoms with van der Waals surface area (Å²) in [7, 11) is 1.67. The Labute approximate surface area is 215 Å². The molecule has 0 unspecified atom stereocenters. The Hall–Kier alpha value is -3.61. The summed E-state index contributed by atoms with van der Waals surface area (Å²) >= 11 is 6.56. The van der Waals surface area contributed by atoms with Crippen LogP contribution in [0.1, 0.15) is 41.1 Å². The molecule has 0 aliphatic carbocycles. The fourth-order valence-corrected chi connectivity index (χ4v) is 4.38. The number of methoxy groups -OCH3 is 1. The fourth-order valence-electron chi connectivity index (χ4n) is 4.15. The Balaban J connectivity index is 0.000000479. The van der Waals surface area contributed by atoms with E-state index < -0.39 is 12.1 Å². The second-order valence-electron chi connectivity index (χ2n) is 8.57. The number of carbonyl (C=O) groups is 2. The van der Waals surface area contributed by atoms with E-state index in [9.17, 15) is 18.0 Å². The predicted octanol–water partition coefficient (Wildman–Crippen LogP) is 3.58. The molecule has 1 aliphatic heterocycles. The molecule has 0 spiro atoms. The van der Waals surface area contributed by atoms with Crippen LogP contribution in [0, 0.1) is 13.8 Å². The molecule has 4 rings (SSSR count). The summed E-state index contributed by atoms with van der Waals surface area (Å²) in [6, 6.07) is 1.95. The third kappa shape index (κ3) is 6.04. The van der Waals surface area contributed by atoms with Gasteiger partial charge in [-0.05, 0) is 37.5 Å². The van der Waals surface area contributed by atoms with Crippen LogP contribution in [0.4, 0.5) is 19.0 Å². The number of ether oxygens (including phenoxy) is 1. The number of anilines is 1. The van der Waals surface area contributed by atoms with E-state index in [1.165, 1.54) is 0 Å². The highest BCUT2D eigenvalue weighted by molar-refractivity contribution is 6.31. The lowest BCUT2D eigenvalue weighted by molar-refractivity contribution is -0.192. The van der Waals surface area contributed by atoms with Crippen molar-refractivity contribution in [3.05, 3.63) is 39.3 Å². The zero-order chi connectivity index (χ0) is 27.7. The summed E-state index contributed by atoms with van der Waals surface area (Å²) in [5.41, 5.74) is 10.6. The van der Waals surface area contributed by atoms with Gasteiger partial charge in [-0.2, -0.15) is 18.3 Å². The number of nitrogens with zero attached hydrogens (tertiary/aromatic N) is 4. The first-order valence-corrected chi connectivity index (χ1v) is 11.5. The van der Waals surface area contributed by atoms with Crippen LogP contribution in [0.3, 0.4) is 0 Å². The van der Waals surface area contributed by atoms with E-state index in [2.05, 4.69) is 20.2 Å². The Morgan fingerprint density at radius 2 is 1.89 bits per heavy atom. The second kappa shape index (κ2) is 10.8. The standard InChI is InChI=1S/C21H25ClN6O2.C2HF3O2/c1-10-15(22)7-13(19(30-4)17(10)14-8-28(9-14)12(3)29)5-6-16-24-20(23)18-11(2)26-27-21(18)25-16;3-2(4,5)1(6)7/h7,14H,5-6,8-9H2,1-4H3,(H3,23,24,25,26,27);(H,6,7). The molecule has 10 nitrogen and oxygen atoms in total. The van der Waals surface area contributed by atoms with Crippen molar-refractivity contribution >= 4 is 40.3 Å². The van der Waals surface area contributed by atoms with E-state index in [0.29, 0.717) is 48.2 Å². The van der Waals surface area contributed by atoms with Gasteiger partial charge in [-0.3, -0.25) is 9.89 Å². The molecule has 1 aliphatic rings. The zero-order valence-corrected chi connectivity index (χ0v) is 21.3. The minimum Gasteiger partial charge on any atom is -0.496 e. The van der Waals surface area contributed by atoms with Crippen LogP contribution in [0.15, 0.2) is 6.07 Å². The molecular formula is C23H26ClF3N6O4. The Kier molecular flexibility index (Phi) is 8.16. The van der Waals surface area contributed by atoms with Crippen LogP contribution in [-0.4, -0.2) is 68.4 Å². The van der Waals surface area contributed by atoms with Crippen molar-refractivity contribution < 1.29 is 32.6 Å². The predicted molar refractivity (Wildman–Crippen MR) is 130 cm³/mol. The van der Waals surface area contributed by atoms with Crippen molar-refractivity contribution in [1.82, 2.24) is 25.1 Å². The van der Waals surface area contributed by atoms with Gasteiger partial charge in [-0.15, -0.1) is 0 Å². The number of nitrogens with two attached hydrogens (primary N) is 1. The number of carboxylic acid groups (broad SMARTS) is 1. The van der Waals surface area contributed by atoms with Crippen molar-refractivity contribution in [2.45, 2.75) is 45.7 Å². The van der Waals surface area contributed by atoms with E-state index in [1.54, 1.807) is 14.0 Å². The number of H-pyrrole nitrogens is 1. The third-order valence-electron chi connectivity index (χ3n) is 6.07. The SMILES string of the molecule is COc1c(CCc2nc(N)c3c(C)n[nH]c3n2)cc(Cl)c(C)c1C1CN(C(C)=O)C1.O=C(O)C(F)(F)F. The summed E-state index contributed by atoms with van der Waals surface area (Å²) in [5.74, 6) is -0.559. The lowest BCUT2D eigenvalue weighted by Gasteiger charge is -2.40. The number of amides is 1. The van der Waals surface area contributed by atoms with Crippen molar-refractivity contribution in [3.8, 4) is 5.75 Å². The fraction of sp³-hybridized carbons (Fsp3) is 0.435. The van der Waals surface area contributed by atoms with Crippen LogP contribution in [0.2, 0.25) is 5.02 Å². The molecular weight excluding hydrogens is 517 g/mol. The molecule has 0 saturated carbocycles. The second-order valence-corrected chi connectivity index (χ2v) is 8.98. The molecule has 3 aromatic rings. The first-order chi connectivity index (χ1) is 17.2. The number of halogens is 4. The van der Waals surface area contributed by atoms with Gasteiger partial charge in [0.15, 0.2) is 5.65 Å². The van der Waals surface area contributed by atoms with Crippen LogP contribution >= 0.6 is 11.6 Å². The molecule has 1 fully saturated rings. The average Bonchev–Trinajstić information content (AvgIpc) is 3.15. The number of aromatic amines is 1. The Morgan fingerprint density at radius 1 is 1.27 bits per heavy atom. The van der Waals surface area contributed by atoms with Crippen molar-refractivity contribution in [2.75, 3.05) is 25.9 Å². The van der Waals surface area contributed by atoms with Gasteiger partial charge in [0.05, 0.1) is 18.2 Å². The normalized spacial score (nSPS) is 13.7. The van der Waals surface area contributed by atoms with Crippen LogP contribution in [-0.2, 0) is 22.4 Å². The smallest absolute Gasteiger partial charge is 0.490 e. The van der Waals surface area contributed by atoms with Gasteiger partial charge in [0.25, 0.3) is 0 Å². The van der Waals surface area contributed by atoms with Crippen LogP contribution < -0.4 is 10.5 Å². The van der Waals surface area contributed by atoms with E-state index in [-0.39, 0.29) is 11.8 Å². The van der Waals surface area contributed by atoms with E-state index in [1.807, 2.05) is 24.8 Å². The number of nitrogen functional groups attached to an aromatic ring is 1. The number of rotatable bonds is 5. The van der Waals surface area contributed by atoms with Crippen molar-refractivity contribution in [2.24, 2.45) is 0 Å². The third-order valence-corrected chi connectivity index (χ3v) is 6.47. The Morgan fingerprint density at radius 3 is 2.43 bits per heavy atom. The number of carboxylic acids is 1. The number of aliphatic carboxylic acids is 1. The van der Waals surface area contributed by atoms with E-state index in [0.717, 1.165) is 33.5 Å². The van der Waals surface area contributed by atoms with Gasteiger partial charge in [0, 0.05) is 42.9 Å². The molecule has 3 heterocycles. The number of hydrogen-bond acceptors (Lipinski definition) is 7. The number of likely N-dealkylation sites (tertiary alicyclic amines) is 1. The lowest BCUT2D eigenvalue weighted by atomic mass is 9.85. The largest absolute Gasteiger partial charge is 0.496 e. The highest BCUT2D eigenvalue weighted by Gasteiger charge is 2.38. The number of hydrogen-bond donors (Lipinski definition) is 3. The molecule has 1 saturated heterocycles. The number of aromatic nitrogens is 4. The molecule has 0 bridgehead atoms. The minimum atomic E-state index is -5.08. The average molecular weight is 543 g/mol. The van der Waals surface area contributed by atoms with E-state index >= 15 is 0 Å². The van der Waals surface area contributed by atoms with Gasteiger partial charge in [0.1, 0.15) is 17.4 Å². The monoisotopic (exact) mass is 542 g/mol. The summed E-state index contributed by atoms with van der Waals surface area (Å²) in [5, 5.41) is 15.6. The van der Waals surface area contributed by atoms with Gasteiger partial charge in [-0.25, -0.2) is 14.8 Å². The number of aryl methyl sites for hydroxylation is 3. The summed E-state index contributed by atoms with van der Waals surface area (Å²) < 4.78 is 37.5. The first kappa shape index (κ1) is 28.0. The van der Waals surface area contributed by atoms with E-state index in [4.69, 9.17) is 32.0 Å². The van der Waals surface area contributed by atoms with Crippen molar-refractivity contribution in [1.29, 1.82) is 0 Å². The maximum absolute atomic E-state index is 11.6. The quantitative estimate of drug-likeness (QED) is 0.443. The number of nitrogens with one attached hydrogen (secondary N) is 1. The van der Waals surface area contributed by atoms with Crippen LogP contribution in [0.5, 0.6) is 5.75 Å². The number of benzene rings is 1. The van der Waals surface area contributed by atoms with Crippen LogP contribution in [0.25, 0.3) is 11.0 Å². The highest BCUT2D eigenvalue weighted by Crippen LogP contribution is 2.41. The molecule has 4 N–H and O–H groups in total. The molecule has 14 heteroatoms. The first-order valence-electron chi connectivity index (χ1n) is 11.1. The summed E-state index contributed by atoms with van der Waals surface area (Å²) in [6.45, 7) is 6.82. The number of alkyl halides is 3. The molecule has 1 aromatic carbocycles. The van der Waals surface area contributed by atoms with Gasteiger partial charge in [0.2, 0.25) is 5.91 Å². The topological polar surface area (TPSA) is 147 Å². The van der Waals surface area contributed by atoms with Gasteiger partial charge >= 0.3 is 12.1 Å². The maximum atomic E-state index is 11.6. The molecule has 2 aromatic heterocycles. The molecule has 0 atom stereocenters. The molecule has 0 radical (unpaired) electrons.